The molecule has 3 aromatic rings. The minimum Gasteiger partial charge on any atom is -0.461 e. The number of nitrogens with zero attached hydrogens (tertiary/aromatic N) is 4. The maximum Gasteiger partial charge on any atom is 0.361 e. The largest absolute Gasteiger partial charge is 0.461 e. The number of ether oxygens (including phenoxy) is 1. The Morgan fingerprint density at radius 1 is 1.38 bits per heavy atom. The summed E-state index contributed by atoms with van der Waals surface area (Å²) in [5.41, 5.74) is 0.457. The second-order valence-corrected chi connectivity index (χ2v) is 7.31. The number of thiophene rings is 1. The standard InChI is InChI=1S/C18H20N4O3S/c1-2-24-18(23)15-14-16(19-11-20-17(14)25-21-15)22(12-6-3-4-7-12)10-13-8-5-9-26-13/h5,8-9,11-12H,2-4,6-7,10H2,1H3. The summed E-state index contributed by atoms with van der Waals surface area (Å²) in [7, 11) is 0. The number of anilines is 1. The smallest absolute Gasteiger partial charge is 0.361 e. The summed E-state index contributed by atoms with van der Waals surface area (Å²) in [6.45, 7) is 2.78. The molecule has 8 heteroatoms. The highest BCUT2D eigenvalue weighted by molar-refractivity contribution is 7.09. The van der Waals surface area contributed by atoms with E-state index in [1.165, 1.54) is 24.0 Å². The van der Waals surface area contributed by atoms with Crippen molar-refractivity contribution in [2.75, 3.05) is 11.5 Å². The van der Waals surface area contributed by atoms with Crippen molar-refractivity contribution in [1.82, 2.24) is 15.1 Å². The first-order chi connectivity index (χ1) is 12.8. The SMILES string of the molecule is CCOC(=O)c1noc2ncnc(N(Cc3cccs3)C3CCCC3)c12. The second kappa shape index (κ2) is 7.41. The van der Waals surface area contributed by atoms with Gasteiger partial charge in [-0.2, -0.15) is 4.98 Å². The van der Waals surface area contributed by atoms with Gasteiger partial charge in [0.1, 0.15) is 17.5 Å². The quantitative estimate of drug-likeness (QED) is 0.609. The summed E-state index contributed by atoms with van der Waals surface area (Å²) < 4.78 is 10.4. The lowest BCUT2D eigenvalue weighted by Gasteiger charge is -2.30. The molecule has 0 bridgehead atoms. The van der Waals surface area contributed by atoms with Gasteiger partial charge in [0.25, 0.3) is 5.71 Å². The third-order valence-corrected chi connectivity index (χ3v) is 5.53. The minimum atomic E-state index is -0.509. The first-order valence-corrected chi connectivity index (χ1v) is 9.72. The Labute approximate surface area is 155 Å². The normalized spacial score (nSPS) is 14.8. The number of hydrogen-bond acceptors (Lipinski definition) is 8. The van der Waals surface area contributed by atoms with Crippen molar-refractivity contribution in [3.05, 3.63) is 34.4 Å². The van der Waals surface area contributed by atoms with Crippen LogP contribution < -0.4 is 4.90 Å². The molecule has 1 aliphatic carbocycles. The second-order valence-electron chi connectivity index (χ2n) is 6.27. The number of hydrogen-bond donors (Lipinski definition) is 0. The molecule has 0 atom stereocenters. The Kier molecular flexibility index (Phi) is 4.83. The molecule has 26 heavy (non-hydrogen) atoms. The van der Waals surface area contributed by atoms with Crippen molar-refractivity contribution in [2.45, 2.75) is 45.2 Å². The van der Waals surface area contributed by atoms with Gasteiger partial charge in [0.15, 0.2) is 0 Å². The van der Waals surface area contributed by atoms with Gasteiger partial charge >= 0.3 is 5.97 Å². The monoisotopic (exact) mass is 372 g/mol. The van der Waals surface area contributed by atoms with E-state index in [-0.39, 0.29) is 12.3 Å². The fourth-order valence-corrected chi connectivity index (χ4v) is 4.19. The molecule has 1 fully saturated rings. The van der Waals surface area contributed by atoms with E-state index in [1.54, 1.807) is 18.3 Å². The van der Waals surface area contributed by atoms with Crippen molar-refractivity contribution in [3.8, 4) is 0 Å². The summed E-state index contributed by atoms with van der Waals surface area (Å²) in [6.07, 6.45) is 6.09. The van der Waals surface area contributed by atoms with Crippen LogP contribution in [0.2, 0.25) is 0 Å². The zero-order valence-electron chi connectivity index (χ0n) is 14.6. The Morgan fingerprint density at radius 3 is 2.96 bits per heavy atom. The van der Waals surface area contributed by atoms with Gasteiger partial charge in [-0.15, -0.1) is 11.3 Å². The van der Waals surface area contributed by atoms with Gasteiger partial charge in [0.2, 0.25) is 5.69 Å². The van der Waals surface area contributed by atoms with E-state index < -0.39 is 5.97 Å². The van der Waals surface area contributed by atoms with E-state index in [2.05, 4.69) is 31.5 Å². The van der Waals surface area contributed by atoms with Crippen LogP contribution in [0.3, 0.4) is 0 Å². The lowest BCUT2D eigenvalue weighted by Crippen LogP contribution is -2.33. The summed E-state index contributed by atoms with van der Waals surface area (Å²) in [5.74, 6) is 0.185. The zero-order chi connectivity index (χ0) is 17.9. The lowest BCUT2D eigenvalue weighted by atomic mass is 10.1. The topological polar surface area (TPSA) is 81.3 Å². The number of carbonyl (C=O) groups excluding carboxylic acids is 1. The number of esters is 1. The first kappa shape index (κ1) is 17.0. The van der Waals surface area contributed by atoms with E-state index in [1.807, 2.05) is 6.07 Å². The van der Waals surface area contributed by atoms with Crippen molar-refractivity contribution in [2.24, 2.45) is 0 Å². The minimum absolute atomic E-state index is 0.145. The Morgan fingerprint density at radius 2 is 2.23 bits per heavy atom. The first-order valence-electron chi connectivity index (χ1n) is 8.84. The molecule has 4 rings (SSSR count). The van der Waals surface area contributed by atoms with Crippen LogP contribution in [-0.2, 0) is 11.3 Å². The molecule has 0 aliphatic heterocycles. The predicted octanol–water partition coefficient (Wildman–Crippen LogP) is 3.81. The van der Waals surface area contributed by atoms with Crippen LogP contribution in [0.15, 0.2) is 28.4 Å². The average Bonchev–Trinajstić information content (AvgIpc) is 3.40. The van der Waals surface area contributed by atoms with Gasteiger partial charge in [-0.1, -0.05) is 24.1 Å². The Balaban J connectivity index is 1.80. The zero-order valence-corrected chi connectivity index (χ0v) is 15.4. The van der Waals surface area contributed by atoms with Crippen molar-refractivity contribution in [1.29, 1.82) is 0 Å². The molecule has 0 N–H and O–H groups in total. The number of rotatable bonds is 6. The lowest BCUT2D eigenvalue weighted by molar-refractivity contribution is 0.0517. The maximum atomic E-state index is 12.3. The van der Waals surface area contributed by atoms with E-state index in [4.69, 9.17) is 9.26 Å². The van der Waals surface area contributed by atoms with E-state index in [0.29, 0.717) is 23.0 Å². The van der Waals surface area contributed by atoms with E-state index in [9.17, 15) is 4.79 Å². The summed E-state index contributed by atoms with van der Waals surface area (Å²) in [5, 5.41) is 6.51. The van der Waals surface area contributed by atoms with Gasteiger partial charge in [0.05, 0.1) is 13.2 Å². The van der Waals surface area contributed by atoms with Crippen LogP contribution in [0.25, 0.3) is 11.1 Å². The predicted molar refractivity (Wildman–Crippen MR) is 98.3 cm³/mol. The number of aromatic nitrogens is 3. The molecule has 0 saturated heterocycles. The van der Waals surface area contributed by atoms with Crippen LogP contribution >= 0.6 is 11.3 Å². The molecule has 7 nitrogen and oxygen atoms in total. The summed E-state index contributed by atoms with van der Waals surface area (Å²) in [4.78, 5) is 24.5. The molecule has 3 aromatic heterocycles. The third kappa shape index (κ3) is 3.16. The molecular formula is C18H20N4O3S. The van der Waals surface area contributed by atoms with Gasteiger partial charge in [-0.25, -0.2) is 9.78 Å². The van der Waals surface area contributed by atoms with Gasteiger partial charge in [-0.3, -0.25) is 0 Å². The molecular weight excluding hydrogens is 352 g/mol. The van der Waals surface area contributed by atoms with Crippen molar-refractivity contribution < 1.29 is 14.1 Å². The van der Waals surface area contributed by atoms with Crippen LogP contribution in [0.1, 0.15) is 48.0 Å². The van der Waals surface area contributed by atoms with Crippen LogP contribution in [-0.4, -0.2) is 33.7 Å². The van der Waals surface area contributed by atoms with Gasteiger partial charge < -0.3 is 14.2 Å². The molecule has 1 saturated carbocycles. The molecule has 1 aliphatic rings. The van der Waals surface area contributed by atoms with Crippen LogP contribution in [0, 0.1) is 0 Å². The molecule has 0 radical (unpaired) electrons. The Bertz CT molecular complexity index is 887. The fourth-order valence-electron chi connectivity index (χ4n) is 3.49. The molecule has 3 heterocycles. The molecule has 0 amide bonds. The fraction of sp³-hybridized carbons (Fsp3) is 0.444. The molecule has 0 aromatic carbocycles. The summed E-state index contributed by atoms with van der Waals surface area (Å²) >= 11 is 1.72. The van der Waals surface area contributed by atoms with E-state index >= 15 is 0 Å². The van der Waals surface area contributed by atoms with Crippen LogP contribution in [0.5, 0.6) is 0 Å². The average molecular weight is 372 g/mol. The highest BCUT2D eigenvalue weighted by Gasteiger charge is 2.30. The highest BCUT2D eigenvalue weighted by atomic mass is 32.1. The maximum absolute atomic E-state index is 12.3. The van der Waals surface area contributed by atoms with E-state index in [0.717, 1.165) is 19.4 Å². The van der Waals surface area contributed by atoms with Gasteiger partial charge in [0, 0.05) is 10.9 Å². The molecule has 0 spiro atoms. The number of carbonyl (C=O) groups is 1. The highest BCUT2D eigenvalue weighted by Crippen LogP contribution is 2.34. The van der Waals surface area contributed by atoms with Gasteiger partial charge in [-0.05, 0) is 31.2 Å². The van der Waals surface area contributed by atoms with Crippen molar-refractivity contribution >= 4 is 34.2 Å². The van der Waals surface area contributed by atoms with Crippen LogP contribution in [0.4, 0.5) is 5.82 Å². The number of fused-ring (bicyclic) bond motifs is 1. The third-order valence-electron chi connectivity index (χ3n) is 4.67. The summed E-state index contributed by atoms with van der Waals surface area (Å²) in [6, 6.07) is 4.54. The van der Waals surface area contributed by atoms with Crippen molar-refractivity contribution in [3.63, 3.8) is 0 Å². The molecule has 0 unspecified atom stereocenters. The molecule has 136 valence electrons. The Hall–Kier alpha value is -2.48.